The number of nitrogens with zero attached hydrogens (tertiary/aromatic N) is 1. The summed E-state index contributed by atoms with van der Waals surface area (Å²) in [7, 11) is 0. The summed E-state index contributed by atoms with van der Waals surface area (Å²) in [5.74, 6) is 0.647. The van der Waals surface area contributed by atoms with E-state index < -0.39 is 0 Å². The number of nitrogens with one attached hydrogen (secondary N) is 1. The van der Waals surface area contributed by atoms with Crippen LogP contribution in [-0.2, 0) is 11.2 Å². The average molecular weight is 296 g/mol. The number of aryl methyl sites for hydroxylation is 2. The van der Waals surface area contributed by atoms with E-state index in [9.17, 15) is 4.79 Å². The van der Waals surface area contributed by atoms with Gasteiger partial charge in [0.15, 0.2) is 0 Å². The smallest absolute Gasteiger partial charge is 0.275 e. The molecular formula is C17H16N2OS. The molecule has 3 rings (SSSR count). The molecule has 0 aliphatic carbocycles. The maximum Gasteiger partial charge on any atom is 0.275 e. The Morgan fingerprint density at radius 1 is 1.19 bits per heavy atom. The van der Waals surface area contributed by atoms with Gasteiger partial charge in [-0.1, -0.05) is 30.3 Å². The van der Waals surface area contributed by atoms with Crippen molar-refractivity contribution in [2.75, 3.05) is 0 Å². The Labute approximate surface area is 128 Å². The Morgan fingerprint density at radius 2 is 2.05 bits per heavy atom. The highest BCUT2D eigenvalue weighted by Gasteiger charge is 2.19. The van der Waals surface area contributed by atoms with Gasteiger partial charge in [0.1, 0.15) is 11.5 Å². The zero-order chi connectivity index (χ0) is 14.7. The van der Waals surface area contributed by atoms with Crippen molar-refractivity contribution in [2.45, 2.75) is 19.8 Å². The number of amidine groups is 1. The number of benzene rings is 1. The summed E-state index contributed by atoms with van der Waals surface area (Å²) in [4.78, 5) is 17.4. The Kier molecular flexibility index (Phi) is 3.97. The SMILES string of the molecule is Cc1ccccc1CCC1=N/C(=C/c2cccs2)C(=O)N1. The first-order valence-electron chi connectivity index (χ1n) is 6.91. The second-order valence-electron chi connectivity index (χ2n) is 4.98. The molecule has 0 spiro atoms. The van der Waals surface area contributed by atoms with Crippen LogP contribution in [-0.4, -0.2) is 11.7 Å². The number of thiophene rings is 1. The lowest BCUT2D eigenvalue weighted by Gasteiger charge is -2.04. The molecule has 0 atom stereocenters. The normalized spacial score (nSPS) is 16.1. The summed E-state index contributed by atoms with van der Waals surface area (Å²) in [5, 5.41) is 4.84. The maximum atomic E-state index is 11.9. The van der Waals surface area contributed by atoms with Gasteiger partial charge in [-0.25, -0.2) is 4.99 Å². The number of hydrogen-bond acceptors (Lipinski definition) is 3. The fraction of sp³-hybridized carbons (Fsp3) is 0.176. The summed E-state index contributed by atoms with van der Waals surface area (Å²) in [6.07, 6.45) is 3.47. The van der Waals surface area contributed by atoms with Crippen LogP contribution in [0.4, 0.5) is 0 Å². The Morgan fingerprint density at radius 3 is 2.81 bits per heavy atom. The van der Waals surface area contributed by atoms with E-state index in [0.29, 0.717) is 5.70 Å². The molecule has 3 nitrogen and oxygen atoms in total. The number of carbonyl (C=O) groups excluding carboxylic acids is 1. The van der Waals surface area contributed by atoms with Crippen molar-refractivity contribution in [2.24, 2.45) is 4.99 Å². The quantitative estimate of drug-likeness (QED) is 0.861. The molecule has 1 aliphatic rings. The molecule has 2 heterocycles. The summed E-state index contributed by atoms with van der Waals surface area (Å²) in [6.45, 7) is 2.10. The van der Waals surface area contributed by atoms with E-state index >= 15 is 0 Å². The topological polar surface area (TPSA) is 41.5 Å². The van der Waals surface area contributed by atoms with Crippen LogP contribution in [0.15, 0.2) is 52.5 Å². The van der Waals surface area contributed by atoms with Crippen LogP contribution in [0.1, 0.15) is 22.4 Å². The number of carbonyl (C=O) groups is 1. The van der Waals surface area contributed by atoms with E-state index in [2.05, 4.69) is 29.4 Å². The highest BCUT2D eigenvalue weighted by Crippen LogP contribution is 2.18. The predicted molar refractivity (Wildman–Crippen MR) is 87.4 cm³/mol. The molecule has 0 saturated carbocycles. The van der Waals surface area contributed by atoms with Gasteiger partial charge in [-0.2, -0.15) is 0 Å². The number of rotatable bonds is 4. The third kappa shape index (κ3) is 3.28. The summed E-state index contributed by atoms with van der Waals surface area (Å²) >= 11 is 1.60. The minimum Gasteiger partial charge on any atom is -0.309 e. The third-order valence-electron chi connectivity index (χ3n) is 3.46. The van der Waals surface area contributed by atoms with E-state index in [1.165, 1.54) is 11.1 Å². The predicted octanol–water partition coefficient (Wildman–Crippen LogP) is 3.56. The Balaban J connectivity index is 1.70. The van der Waals surface area contributed by atoms with Crippen molar-refractivity contribution >= 4 is 29.2 Å². The number of amides is 1. The maximum absolute atomic E-state index is 11.9. The third-order valence-corrected chi connectivity index (χ3v) is 4.28. The molecule has 0 radical (unpaired) electrons. The molecule has 106 valence electrons. The highest BCUT2D eigenvalue weighted by atomic mass is 32.1. The molecule has 1 amide bonds. The number of aliphatic imine (C=N–C) groups is 1. The van der Waals surface area contributed by atoms with Crippen LogP contribution in [0.25, 0.3) is 6.08 Å². The van der Waals surface area contributed by atoms with Crippen LogP contribution in [0.5, 0.6) is 0 Å². The standard InChI is InChI=1S/C17H16N2OS/c1-12-5-2-3-6-13(12)8-9-16-18-15(17(20)19-16)11-14-7-4-10-21-14/h2-7,10-11H,8-9H2,1H3,(H,18,19,20)/b15-11+. The van der Waals surface area contributed by atoms with Crippen LogP contribution in [0.3, 0.4) is 0 Å². The largest absolute Gasteiger partial charge is 0.309 e. The molecule has 4 heteroatoms. The molecule has 1 aliphatic heterocycles. The first-order valence-corrected chi connectivity index (χ1v) is 7.79. The summed E-state index contributed by atoms with van der Waals surface area (Å²) in [5.41, 5.74) is 3.07. The second kappa shape index (κ2) is 6.06. The van der Waals surface area contributed by atoms with Crippen molar-refractivity contribution in [1.29, 1.82) is 0 Å². The van der Waals surface area contributed by atoms with Gasteiger partial charge in [0.25, 0.3) is 5.91 Å². The van der Waals surface area contributed by atoms with Gasteiger partial charge in [0, 0.05) is 11.3 Å². The van der Waals surface area contributed by atoms with E-state index in [4.69, 9.17) is 0 Å². The average Bonchev–Trinajstić information content (AvgIpc) is 3.09. The fourth-order valence-electron chi connectivity index (χ4n) is 2.29. The lowest BCUT2D eigenvalue weighted by atomic mass is 10.0. The minimum atomic E-state index is -0.108. The van der Waals surface area contributed by atoms with Crippen LogP contribution >= 0.6 is 11.3 Å². The van der Waals surface area contributed by atoms with Gasteiger partial charge >= 0.3 is 0 Å². The van der Waals surface area contributed by atoms with Gasteiger partial charge in [-0.15, -0.1) is 11.3 Å². The Bertz CT molecular complexity index is 714. The summed E-state index contributed by atoms with van der Waals surface area (Å²) in [6, 6.07) is 12.2. The minimum absolute atomic E-state index is 0.108. The lowest BCUT2D eigenvalue weighted by molar-refractivity contribution is -0.115. The van der Waals surface area contributed by atoms with E-state index in [1.807, 2.05) is 35.7 Å². The van der Waals surface area contributed by atoms with Crippen molar-refractivity contribution in [3.05, 3.63) is 63.5 Å². The molecule has 1 aromatic carbocycles. The molecule has 1 N–H and O–H groups in total. The molecule has 1 aromatic heterocycles. The fourth-order valence-corrected chi connectivity index (χ4v) is 2.94. The van der Waals surface area contributed by atoms with Crippen molar-refractivity contribution < 1.29 is 4.79 Å². The second-order valence-corrected chi connectivity index (χ2v) is 5.96. The number of hydrogen-bond donors (Lipinski definition) is 1. The van der Waals surface area contributed by atoms with Crippen molar-refractivity contribution in [3.63, 3.8) is 0 Å². The van der Waals surface area contributed by atoms with Crippen LogP contribution in [0, 0.1) is 6.92 Å². The van der Waals surface area contributed by atoms with Crippen molar-refractivity contribution in [1.82, 2.24) is 5.32 Å². The van der Waals surface area contributed by atoms with Crippen LogP contribution < -0.4 is 5.32 Å². The molecule has 0 bridgehead atoms. The van der Waals surface area contributed by atoms with Gasteiger partial charge in [-0.3, -0.25) is 4.79 Å². The van der Waals surface area contributed by atoms with Gasteiger partial charge in [0.2, 0.25) is 0 Å². The zero-order valence-corrected chi connectivity index (χ0v) is 12.6. The molecule has 2 aromatic rings. The van der Waals surface area contributed by atoms with E-state index in [1.54, 1.807) is 11.3 Å². The van der Waals surface area contributed by atoms with Crippen molar-refractivity contribution in [3.8, 4) is 0 Å². The van der Waals surface area contributed by atoms with Gasteiger partial charge < -0.3 is 5.32 Å². The first-order chi connectivity index (χ1) is 10.2. The first kappa shape index (κ1) is 13.8. The van der Waals surface area contributed by atoms with E-state index in [-0.39, 0.29) is 5.91 Å². The van der Waals surface area contributed by atoms with Gasteiger partial charge in [0.05, 0.1) is 0 Å². The molecule has 21 heavy (non-hydrogen) atoms. The van der Waals surface area contributed by atoms with Gasteiger partial charge in [-0.05, 0) is 42.0 Å². The molecular weight excluding hydrogens is 280 g/mol. The molecule has 0 saturated heterocycles. The van der Waals surface area contributed by atoms with Crippen LogP contribution in [0.2, 0.25) is 0 Å². The molecule has 0 unspecified atom stereocenters. The molecule has 0 fully saturated rings. The monoisotopic (exact) mass is 296 g/mol. The highest BCUT2D eigenvalue weighted by molar-refractivity contribution is 7.10. The Hall–Kier alpha value is -2.20. The van der Waals surface area contributed by atoms with E-state index in [0.717, 1.165) is 23.6 Å². The zero-order valence-electron chi connectivity index (χ0n) is 11.8. The lowest BCUT2D eigenvalue weighted by Crippen LogP contribution is -2.24. The summed E-state index contributed by atoms with van der Waals surface area (Å²) < 4.78 is 0.